The van der Waals surface area contributed by atoms with E-state index in [1.54, 1.807) is 0 Å². The van der Waals surface area contributed by atoms with Crippen LogP contribution in [0.5, 0.6) is 0 Å². The summed E-state index contributed by atoms with van der Waals surface area (Å²) in [6, 6.07) is 4.37. The van der Waals surface area contributed by atoms with E-state index in [2.05, 4.69) is 15.3 Å². The average molecular weight is 360 g/mol. The second-order valence-corrected chi connectivity index (χ2v) is 5.45. The van der Waals surface area contributed by atoms with Crippen molar-refractivity contribution in [2.45, 2.75) is 0 Å². The van der Waals surface area contributed by atoms with E-state index in [4.69, 9.17) is 34.8 Å². The monoisotopic (exact) mass is 358 g/mol. The number of hydrogen-bond acceptors (Lipinski definition) is 3. The van der Waals surface area contributed by atoms with Gasteiger partial charge in [-0.15, -0.1) is 5.10 Å². The summed E-state index contributed by atoms with van der Waals surface area (Å²) in [4.78, 5) is 14.1. The van der Waals surface area contributed by atoms with Gasteiger partial charge in [0.2, 0.25) is 0 Å². The standard InChI is InChI=1S/C13H6Cl3FN4O/c14-7-1-2-8(21-5-9(15)19-20-21)10(12(7)17)6-3-4-18-13(22)11(6)16/h1-5H,(H,18,22). The molecule has 0 atom stereocenters. The van der Waals surface area contributed by atoms with Crippen molar-refractivity contribution < 1.29 is 4.39 Å². The van der Waals surface area contributed by atoms with Gasteiger partial charge in [0.05, 0.1) is 16.9 Å². The topological polar surface area (TPSA) is 63.6 Å². The van der Waals surface area contributed by atoms with Gasteiger partial charge in [-0.05, 0) is 18.2 Å². The maximum Gasteiger partial charge on any atom is 0.267 e. The Balaban J connectivity index is 2.37. The van der Waals surface area contributed by atoms with E-state index in [1.807, 2.05) is 0 Å². The smallest absolute Gasteiger partial charge is 0.267 e. The summed E-state index contributed by atoms with van der Waals surface area (Å²) in [5.74, 6) is -0.724. The number of nitrogens with one attached hydrogen (secondary N) is 1. The first-order valence-corrected chi connectivity index (χ1v) is 7.06. The zero-order valence-electron chi connectivity index (χ0n) is 10.6. The molecule has 2 aromatic heterocycles. The molecule has 112 valence electrons. The van der Waals surface area contributed by atoms with Gasteiger partial charge in [-0.1, -0.05) is 40.0 Å². The first-order valence-electron chi connectivity index (χ1n) is 5.93. The number of H-pyrrole nitrogens is 1. The van der Waals surface area contributed by atoms with Crippen LogP contribution in [0.4, 0.5) is 4.39 Å². The van der Waals surface area contributed by atoms with E-state index in [1.165, 1.54) is 35.3 Å². The largest absolute Gasteiger partial charge is 0.328 e. The van der Waals surface area contributed by atoms with Crippen LogP contribution in [0.3, 0.4) is 0 Å². The van der Waals surface area contributed by atoms with Gasteiger partial charge >= 0.3 is 0 Å². The van der Waals surface area contributed by atoms with E-state index in [0.29, 0.717) is 5.69 Å². The number of hydrogen-bond donors (Lipinski definition) is 1. The minimum atomic E-state index is -0.724. The fourth-order valence-electron chi connectivity index (χ4n) is 2.00. The minimum absolute atomic E-state index is 0.0326. The van der Waals surface area contributed by atoms with Gasteiger partial charge in [-0.2, -0.15) is 0 Å². The molecule has 22 heavy (non-hydrogen) atoms. The van der Waals surface area contributed by atoms with Crippen molar-refractivity contribution in [2.24, 2.45) is 0 Å². The Kier molecular flexibility index (Phi) is 3.90. The average Bonchev–Trinajstić information content (AvgIpc) is 2.91. The fourth-order valence-corrected chi connectivity index (χ4v) is 2.50. The number of benzene rings is 1. The van der Waals surface area contributed by atoms with E-state index >= 15 is 0 Å². The molecule has 0 aliphatic rings. The molecule has 0 bridgehead atoms. The quantitative estimate of drug-likeness (QED) is 0.758. The Morgan fingerprint density at radius 1 is 1.18 bits per heavy atom. The van der Waals surface area contributed by atoms with Crippen LogP contribution in [0.25, 0.3) is 16.8 Å². The lowest BCUT2D eigenvalue weighted by Gasteiger charge is -2.12. The summed E-state index contributed by atoms with van der Waals surface area (Å²) in [7, 11) is 0. The third-order valence-electron chi connectivity index (χ3n) is 2.95. The van der Waals surface area contributed by atoms with Crippen LogP contribution in [0.1, 0.15) is 0 Å². The molecule has 2 heterocycles. The predicted octanol–water partition coefficient (Wildman–Crippen LogP) is 3.72. The zero-order chi connectivity index (χ0) is 15.9. The van der Waals surface area contributed by atoms with Crippen molar-refractivity contribution in [3.05, 3.63) is 62.0 Å². The molecular formula is C13H6Cl3FN4O. The molecule has 0 amide bonds. The number of aromatic amines is 1. The van der Waals surface area contributed by atoms with Crippen LogP contribution in [-0.4, -0.2) is 20.0 Å². The molecule has 0 aliphatic carbocycles. The number of pyridine rings is 1. The maximum absolute atomic E-state index is 14.6. The molecule has 3 aromatic rings. The second kappa shape index (κ2) is 5.72. The van der Waals surface area contributed by atoms with Gasteiger partial charge in [0.15, 0.2) is 11.0 Å². The third kappa shape index (κ3) is 2.49. The van der Waals surface area contributed by atoms with Crippen molar-refractivity contribution in [2.75, 3.05) is 0 Å². The molecule has 1 N–H and O–H groups in total. The molecule has 9 heteroatoms. The second-order valence-electron chi connectivity index (χ2n) is 4.28. The first-order chi connectivity index (χ1) is 10.5. The third-order valence-corrected chi connectivity index (χ3v) is 3.80. The van der Waals surface area contributed by atoms with Crippen LogP contribution in [-0.2, 0) is 0 Å². The zero-order valence-corrected chi connectivity index (χ0v) is 12.9. The number of rotatable bonds is 2. The van der Waals surface area contributed by atoms with Gasteiger partial charge in [0.1, 0.15) is 5.02 Å². The van der Waals surface area contributed by atoms with Crippen LogP contribution in [0, 0.1) is 5.82 Å². The van der Waals surface area contributed by atoms with Crippen LogP contribution >= 0.6 is 34.8 Å². The minimum Gasteiger partial charge on any atom is -0.328 e. The first kappa shape index (κ1) is 15.0. The van der Waals surface area contributed by atoms with Gasteiger partial charge in [-0.25, -0.2) is 9.07 Å². The molecule has 0 unspecified atom stereocenters. The molecule has 0 aliphatic heterocycles. The van der Waals surface area contributed by atoms with Gasteiger partial charge in [0, 0.05) is 17.3 Å². The highest BCUT2D eigenvalue weighted by Gasteiger charge is 2.20. The summed E-state index contributed by atoms with van der Waals surface area (Å²) in [6.07, 6.45) is 2.76. The summed E-state index contributed by atoms with van der Waals surface area (Å²) in [6.45, 7) is 0. The highest BCUT2D eigenvalue weighted by atomic mass is 35.5. The fraction of sp³-hybridized carbons (Fsp3) is 0. The molecule has 0 saturated carbocycles. The van der Waals surface area contributed by atoms with Gasteiger partial charge in [0.25, 0.3) is 5.56 Å². The molecule has 5 nitrogen and oxygen atoms in total. The van der Waals surface area contributed by atoms with Crippen molar-refractivity contribution >= 4 is 34.8 Å². The summed E-state index contributed by atoms with van der Waals surface area (Å²) in [5, 5.41) is 7.30. The molecule has 0 spiro atoms. The van der Waals surface area contributed by atoms with Gasteiger partial charge in [-0.3, -0.25) is 4.79 Å². The Bertz CT molecular complexity index is 922. The predicted molar refractivity (Wildman–Crippen MR) is 82.4 cm³/mol. The maximum atomic E-state index is 14.6. The summed E-state index contributed by atoms with van der Waals surface area (Å²) < 4.78 is 15.8. The molecule has 0 radical (unpaired) electrons. The molecule has 0 saturated heterocycles. The lowest BCUT2D eigenvalue weighted by atomic mass is 10.0. The van der Waals surface area contributed by atoms with Gasteiger partial charge < -0.3 is 4.98 Å². The van der Waals surface area contributed by atoms with Crippen LogP contribution in [0.15, 0.2) is 35.4 Å². The highest BCUT2D eigenvalue weighted by Crippen LogP contribution is 2.35. The highest BCUT2D eigenvalue weighted by molar-refractivity contribution is 6.34. The van der Waals surface area contributed by atoms with E-state index in [0.717, 1.165) is 0 Å². The van der Waals surface area contributed by atoms with Crippen LogP contribution < -0.4 is 5.56 Å². The lowest BCUT2D eigenvalue weighted by Crippen LogP contribution is -2.08. The Morgan fingerprint density at radius 2 is 1.95 bits per heavy atom. The van der Waals surface area contributed by atoms with Crippen molar-refractivity contribution in [1.82, 2.24) is 20.0 Å². The lowest BCUT2D eigenvalue weighted by molar-refractivity contribution is 0.629. The summed E-state index contributed by atoms with van der Waals surface area (Å²) in [5.41, 5.74) is -0.0212. The Labute approximate surface area is 138 Å². The molecular weight excluding hydrogens is 354 g/mol. The molecule has 3 rings (SSSR count). The normalized spacial score (nSPS) is 10.9. The van der Waals surface area contributed by atoms with E-state index in [-0.39, 0.29) is 26.3 Å². The number of halogens is 4. The summed E-state index contributed by atoms with van der Waals surface area (Å²) >= 11 is 17.6. The number of nitrogens with zero attached hydrogens (tertiary/aromatic N) is 3. The Morgan fingerprint density at radius 3 is 2.64 bits per heavy atom. The van der Waals surface area contributed by atoms with Crippen molar-refractivity contribution in [3.8, 4) is 16.8 Å². The van der Waals surface area contributed by atoms with E-state index < -0.39 is 11.4 Å². The Hall–Kier alpha value is -1.89. The molecule has 1 aromatic carbocycles. The molecule has 0 fully saturated rings. The number of aromatic nitrogens is 4. The van der Waals surface area contributed by atoms with Crippen LogP contribution in [0.2, 0.25) is 15.2 Å². The van der Waals surface area contributed by atoms with Crippen molar-refractivity contribution in [1.29, 1.82) is 0 Å². The SMILES string of the molecule is O=c1[nH]ccc(-c2c(-n3cc(Cl)nn3)ccc(Cl)c2F)c1Cl. The van der Waals surface area contributed by atoms with Crippen molar-refractivity contribution in [3.63, 3.8) is 0 Å². The van der Waals surface area contributed by atoms with E-state index in [9.17, 15) is 9.18 Å².